The molecule has 2 heterocycles. The molecule has 146 valence electrons. The topological polar surface area (TPSA) is 113 Å². The van der Waals surface area contributed by atoms with Crippen molar-refractivity contribution in [1.29, 1.82) is 0 Å². The molecule has 1 amide bonds. The fourth-order valence-corrected chi connectivity index (χ4v) is 7.16. The molecule has 0 radical (unpaired) electrons. The van der Waals surface area contributed by atoms with Gasteiger partial charge in [-0.05, 0) is 18.2 Å². The minimum Gasteiger partial charge on any atom is -0.495 e. The predicted molar refractivity (Wildman–Crippen MR) is 104 cm³/mol. The Kier molecular flexibility index (Phi) is 5.68. The number of amides is 1. The van der Waals surface area contributed by atoms with Crippen LogP contribution >= 0.6 is 23.4 Å². The van der Waals surface area contributed by atoms with E-state index in [1.54, 1.807) is 23.1 Å². The highest BCUT2D eigenvalue weighted by Gasteiger charge is 2.50. The Labute approximate surface area is 165 Å². The molecule has 2 saturated heterocycles. The zero-order valence-electron chi connectivity index (χ0n) is 14.3. The first-order valence-electron chi connectivity index (χ1n) is 8.03. The molecule has 0 bridgehead atoms. The number of aliphatic imine (C=N–C) groups is 1. The van der Waals surface area contributed by atoms with E-state index in [4.69, 9.17) is 21.4 Å². The van der Waals surface area contributed by atoms with E-state index in [0.29, 0.717) is 21.6 Å². The van der Waals surface area contributed by atoms with Gasteiger partial charge in [0.2, 0.25) is 5.91 Å². The van der Waals surface area contributed by atoms with Crippen LogP contribution in [-0.4, -0.2) is 60.5 Å². The van der Waals surface area contributed by atoms with Gasteiger partial charge < -0.3 is 14.7 Å². The zero-order chi connectivity index (χ0) is 19.8. The third-order valence-electron chi connectivity index (χ3n) is 4.24. The van der Waals surface area contributed by atoms with Gasteiger partial charge in [-0.2, -0.15) is 4.99 Å². The van der Waals surface area contributed by atoms with Crippen LogP contribution in [0.1, 0.15) is 12.8 Å². The molecule has 11 heteroatoms. The molecule has 27 heavy (non-hydrogen) atoms. The lowest BCUT2D eigenvalue weighted by molar-refractivity contribution is -0.138. The first-order chi connectivity index (χ1) is 12.7. The van der Waals surface area contributed by atoms with Crippen molar-refractivity contribution >= 4 is 55.9 Å². The van der Waals surface area contributed by atoms with Gasteiger partial charge in [0, 0.05) is 16.7 Å². The maximum Gasteiger partial charge on any atom is 0.303 e. The lowest BCUT2D eigenvalue weighted by Crippen LogP contribution is -2.38. The van der Waals surface area contributed by atoms with Crippen LogP contribution in [-0.2, 0) is 19.4 Å². The summed E-state index contributed by atoms with van der Waals surface area (Å²) in [5.41, 5.74) is 0.520. The molecular formula is C16H17ClN2O6S2. The number of carboxylic acids is 1. The van der Waals surface area contributed by atoms with Crippen LogP contribution in [0, 0.1) is 0 Å². The molecule has 2 atom stereocenters. The summed E-state index contributed by atoms with van der Waals surface area (Å²) in [5, 5.41) is 9.21. The molecule has 0 unspecified atom stereocenters. The van der Waals surface area contributed by atoms with E-state index in [1.807, 2.05) is 0 Å². The fraction of sp³-hybridized carbons (Fsp3) is 0.438. The number of rotatable bonds is 5. The molecule has 1 aromatic carbocycles. The van der Waals surface area contributed by atoms with Crippen molar-refractivity contribution in [2.45, 2.75) is 24.1 Å². The van der Waals surface area contributed by atoms with Gasteiger partial charge in [0.1, 0.15) is 5.75 Å². The van der Waals surface area contributed by atoms with Gasteiger partial charge in [-0.25, -0.2) is 8.42 Å². The van der Waals surface area contributed by atoms with Crippen LogP contribution in [0.5, 0.6) is 5.75 Å². The number of halogens is 1. The van der Waals surface area contributed by atoms with Crippen LogP contribution in [0.3, 0.4) is 0 Å². The molecule has 2 fully saturated rings. The summed E-state index contributed by atoms with van der Waals surface area (Å²) >= 11 is 7.31. The van der Waals surface area contributed by atoms with E-state index >= 15 is 0 Å². The van der Waals surface area contributed by atoms with Gasteiger partial charge >= 0.3 is 5.97 Å². The van der Waals surface area contributed by atoms with Crippen LogP contribution < -0.4 is 9.64 Å². The minimum atomic E-state index is -3.20. The number of hydrogen-bond acceptors (Lipinski definition) is 6. The van der Waals surface area contributed by atoms with E-state index < -0.39 is 27.8 Å². The molecule has 2 aliphatic rings. The summed E-state index contributed by atoms with van der Waals surface area (Å²) in [7, 11) is -1.72. The Morgan fingerprint density at radius 2 is 2.11 bits per heavy atom. The number of ether oxygens (including phenoxy) is 1. The number of carboxylic acid groups (broad SMARTS) is 1. The molecule has 0 aromatic heterocycles. The number of methoxy groups -OCH3 is 1. The van der Waals surface area contributed by atoms with Crippen LogP contribution in [0.25, 0.3) is 0 Å². The number of fused-ring (bicyclic) bond motifs is 1. The third-order valence-corrected chi connectivity index (χ3v) is 7.68. The van der Waals surface area contributed by atoms with Crippen LogP contribution in [0.15, 0.2) is 23.2 Å². The van der Waals surface area contributed by atoms with Crippen LogP contribution in [0.4, 0.5) is 5.69 Å². The van der Waals surface area contributed by atoms with E-state index in [0.717, 1.165) is 0 Å². The Morgan fingerprint density at radius 3 is 2.78 bits per heavy atom. The van der Waals surface area contributed by atoms with Crippen molar-refractivity contribution in [3.63, 3.8) is 0 Å². The number of aliphatic carboxylic acids is 1. The largest absolute Gasteiger partial charge is 0.495 e. The lowest BCUT2D eigenvalue weighted by atomic mass is 10.2. The highest BCUT2D eigenvalue weighted by molar-refractivity contribution is 8.16. The van der Waals surface area contributed by atoms with Crippen molar-refractivity contribution in [1.82, 2.24) is 0 Å². The van der Waals surface area contributed by atoms with Gasteiger partial charge in [-0.1, -0.05) is 23.4 Å². The monoisotopic (exact) mass is 432 g/mol. The van der Waals surface area contributed by atoms with E-state index in [1.165, 1.54) is 18.9 Å². The molecule has 0 saturated carbocycles. The van der Waals surface area contributed by atoms with Crippen molar-refractivity contribution in [2.75, 3.05) is 23.5 Å². The van der Waals surface area contributed by atoms with Gasteiger partial charge in [-0.15, -0.1) is 0 Å². The second-order valence-corrected chi connectivity index (χ2v) is 9.97. The molecule has 0 spiro atoms. The van der Waals surface area contributed by atoms with E-state index in [-0.39, 0.29) is 29.6 Å². The maximum atomic E-state index is 12.1. The van der Waals surface area contributed by atoms with Crippen molar-refractivity contribution < 1.29 is 27.9 Å². The Bertz CT molecular complexity index is 917. The average Bonchev–Trinajstić information content (AvgIpc) is 3.03. The normalized spacial score (nSPS) is 24.8. The first-order valence-corrected chi connectivity index (χ1v) is 11.1. The summed E-state index contributed by atoms with van der Waals surface area (Å²) in [6.45, 7) is 0. The summed E-state index contributed by atoms with van der Waals surface area (Å²) < 4.78 is 29.5. The predicted octanol–water partition coefficient (Wildman–Crippen LogP) is 1.81. The zero-order valence-corrected chi connectivity index (χ0v) is 16.7. The molecule has 1 N–H and O–H groups in total. The quantitative estimate of drug-likeness (QED) is 0.749. The Balaban J connectivity index is 2.00. The fourth-order valence-electron chi connectivity index (χ4n) is 3.07. The molecule has 8 nitrogen and oxygen atoms in total. The molecule has 1 aromatic rings. The highest BCUT2D eigenvalue weighted by atomic mass is 35.5. The molecule has 3 rings (SSSR count). The lowest BCUT2D eigenvalue weighted by Gasteiger charge is -2.26. The van der Waals surface area contributed by atoms with Crippen molar-refractivity contribution in [3.8, 4) is 5.75 Å². The standard InChI is InChI=1S/C16H17ClN2O6S2/c1-25-12-3-2-9(17)6-10(12)19-11-7-27(23,24)8-13(11)26-16(19)18-14(20)4-5-15(21)22/h2-3,6,11,13H,4-5,7-8H2,1H3,(H,21,22)/t11-,13-/m0/s1. The number of carbonyl (C=O) groups excluding carboxylic acids is 1. The van der Waals surface area contributed by atoms with E-state index in [9.17, 15) is 18.0 Å². The number of sulfone groups is 1. The number of nitrogens with zero attached hydrogens (tertiary/aromatic N) is 2. The van der Waals surface area contributed by atoms with Gasteiger partial charge in [0.05, 0.1) is 36.8 Å². The average molecular weight is 433 g/mol. The number of thioether (sulfide) groups is 1. The highest BCUT2D eigenvalue weighted by Crippen LogP contribution is 2.44. The second-order valence-electron chi connectivity index (χ2n) is 6.17. The minimum absolute atomic E-state index is 0.00987. The molecule has 0 aliphatic carbocycles. The smallest absolute Gasteiger partial charge is 0.303 e. The van der Waals surface area contributed by atoms with Gasteiger partial charge in [0.25, 0.3) is 0 Å². The van der Waals surface area contributed by atoms with Crippen LogP contribution in [0.2, 0.25) is 5.02 Å². The van der Waals surface area contributed by atoms with E-state index in [2.05, 4.69) is 4.99 Å². The molecular weight excluding hydrogens is 416 g/mol. The number of benzene rings is 1. The van der Waals surface area contributed by atoms with Crippen molar-refractivity contribution in [3.05, 3.63) is 23.2 Å². The SMILES string of the molecule is COc1ccc(Cl)cc1N1C(=NC(=O)CCC(=O)O)S[C@H]2CS(=O)(=O)C[C@@H]21. The maximum absolute atomic E-state index is 12.1. The number of anilines is 1. The number of hydrogen-bond donors (Lipinski definition) is 1. The number of carbonyl (C=O) groups is 2. The summed E-state index contributed by atoms with van der Waals surface area (Å²) in [4.78, 5) is 28.5. The summed E-state index contributed by atoms with van der Waals surface area (Å²) in [5.74, 6) is -1.27. The summed E-state index contributed by atoms with van der Waals surface area (Å²) in [6, 6.07) is 4.53. The third kappa shape index (κ3) is 4.39. The first kappa shape index (κ1) is 20.0. The summed E-state index contributed by atoms with van der Waals surface area (Å²) in [6.07, 6.45) is -0.546. The Morgan fingerprint density at radius 1 is 1.37 bits per heavy atom. The van der Waals surface area contributed by atoms with Gasteiger partial charge in [-0.3, -0.25) is 9.59 Å². The number of amidine groups is 1. The van der Waals surface area contributed by atoms with Crippen molar-refractivity contribution in [2.24, 2.45) is 4.99 Å². The second kappa shape index (κ2) is 7.69. The Hall–Kier alpha value is -1.78. The van der Waals surface area contributed by atoms with Gasteiger partial charge in [0.15, 0.2) is 15.0 Å². The molecule has 2 aliphatic heterocycles.